The van der Waals surface area contributed by atoms with Gasteiger partial charge in [-0.1, -0.05) is 0 Å². The minimum atomic E-state index is -0.326. The van der Waals surface area contributed by atoms with E-state index in [1.807, 2.05) is 20.2 Å². The summed E-state index contributed by atoms with van der Waals surface area (Å²) in [6.45, 7) is 3.87. The number of benzene rings is 1. The number of hydrogen-bond donors (Lipinski definition) is 2. The molecule has 128 valence electrons. The number of ether oxygens (including phenoxy) is 1. The van der Waals surface area contributed by atoms with E-state index in [0.29, 0.717) is 18.1 Å². The maximum Gasteiger partial charge on any atom is 0.338 e. The zero-order valence-electron chi connectivity index (χ0n) is 14.2. The van der Waals surface area contributed by atoms with Crippen molar-refractivity contribution >= 4 is 23.4 Å². The van der Waals surface area contributed by atoms with E-state index in [1.165, 1.54) is 0 Å². The third kappa shape index (κ3) is 5.51. The summed E-state index contributed by atoms with van der Waals surface area (Å²) in [6.07, 6.45) is 1.69. The molecule has 1 aromatic heterocycles. The van der Waals surface area contributed by atoms with Gasteiger partial charge < -0.3 is 20.3 Å². The molecule has 1 aromatic carbocycles. The Balaban J connectivity index is 1.96. The molecule has 2 rings (SSSR count). The number of nitrogens with one attached hydrogen (secondary N) is 2. The van der Waals surface area contributed by atoms with Crippen LogP contribution in [0.5, 0.6) is 0 Å². The number of aromatic nitrogens is 2. The Morgan fingerprint density at radius 2 is 1.96 bits per heavy atom. The van der Waals surface area contributed by atoms with Crippen molar-refractivity contribution in [3.63, 3.8) is 0 Å². The van der Waals surface area contributed by atoms with Crippen molar-refractivity contribution < 1.29 is 9.53 Å². The molecule has 0 spiro atoms. The maximum atomic E-state index is 11.6. The van der Waals surface area contributed by atoms with Gasteiger partial charge in [0, 0.05) is 25.0 Å². The Bertz CT molecular complexity index is 658. The first-order valence-corrected chi connectivity index (χ1v) is 7.84. The molecule has 0 aliphatic carbocycles. The minimum Gasteiger partial charge on any atom is -0.462 e. The van der Waals surface area contributed by atoms with Gasteiger partial charge in [-0.3, -0.25) is 0 Å². The van der Waals surface area contributed by atoms with Crippen LogP contribution in [0.3, 0.4) is 0 Å². The molecular weight excluding hydrogens is 306 g/mol. The van der Waals surface area contributed by atoms with E-state index in [4.69, 9.17) is 4.74 Å². The molecule has 0 fully saturated rings. The molecule has 7 nitrogen and oxygen atoms in total. The SMILES string of the molecule is CCOC(=O)c1ccc(Nc2nccc(NCCN(C)C)n2)cc1. The van der Waals surface area contributed by atoms with Crippen LogP contribution in [0.4, 0.5) is 17.5 Å². The van der Waals surface area contributed by atoms with Crippen molar-refractivity contribution in [1.82, 2.24) is 14.9 Å². The molecule has 0 aliphatic rings. The number of esters is 1. The van der Waals surface area contributed by atoms with E-state index in [0.717, 1.165) is 24.6 Å². The third-order valence-corrected chi connectivity index (χ3v) is 3.17. The molecule has 0 amide bonds. The van der Waals surface area contributed by atoms with Crippen molar-refractivity contribution in [3.05, 3.63) is 42.1 Å². The quantitative estimate of drug-likeness (QED) is 0.720. The second-order valence-electron chi connectivity index (χ2n) is 5.42. The van der Waals surface area contributed by atoms with Crippen LogP contribution in [0, 0.1) is 0 Å². The molecule has 1 heterocycles. The summed E-state index contributed by atoms with van der Waals surface area (Å²) < 4.78 is 4.96. The second-order valence-corrected chi connectivity index (χ2v) is 5.42. The van der Waals surface area contributed by atoms with Gasteiger partial charge in [0.05, 0.1) is 12.2 Å². The van der Waals surface area contributed by atoms with Crippen molar-refractivity contribution in [2.75, 3.05) is 44.4 Å². The highest BCUT2D eigenvalue weighted by molar-refractivity contribution is 5.89. The summed E-state index contributed by atoms with van der Waals surface area (Å²) in [5.41, 5.74) is 1.32. The van der Waals surface area contributed by atoms with Crippen molar-refractivity contribution in [2.45, 2.75) is 6.92 Å². The number of nitrogens with zero attached hydrogens (tertiary/aromatic N) is 3. The van der Waals surface area contributed by atoms with Crippen LogP contribution in [0.1, 0.15) is 17.3 Å². The fourth-order valence-corrected chi connectivity index (χ4v) is 1.96. The predicted octanol–water partition coefficient (Wildman–Crippen LogP) is 2.37. The van der Waals surface area contributed by atoms with Gasteiger partial charge in [-0.2, -0.15) is 4.98 Å². The molecular formula is C17H23N5O2. The van der Waals surface area contributed by atoms with Crippen LogP contribution in [-0.4, -0.2) is 54.6 Å². The largest absolute Gasteiger partial charge is 0.462 e. The molecule has 7 heteroatoms. The Hall–Kier alpha value is -2.67. The van der Waals surface area contributed by atoms with Crippen molar-refractivity contribution in [3.8, 4) is 0 Å². The molecule has 2 aromatic rings. The molecule has 0 radical (unpaired) electrons. The monoisotopic (exact) mass is 329 g/mol. The van der Waals surface area contributed by atoms with Gasteiger partial charge in [-0.15, -0.1) is 0 Å². The molecule has 0 bridgehead atoms. The van der Waals surface area contributed by atoms with Gasteiger partial charge in [0.15, 0.2) is 0 Å². The van der Waals surface area contributed by atoms with Gasteiger partial charge in [0.2, 0.25) is 5.95 Å². The summed E-state index contributed by atoms with van der Waals surface area (Å²) >= 11 is 0. The Morgan fingerprint density at radius 3 is 2.62 bits per heavy atom. The highest BCUT2D eigenvalue weighted by Gasteiger charge is 2.06. The highest BCUT2D eigenvalue weighted by Crippen LogP contribution is 2.15. The first-order chi connectivity index (χ1) is 11.6. The van der Waals surface area contributed by atoms with Crippen LogP contribution in [0.2, 0.25) is 0 Å². The van der Waals surface area contributed by atoms with Crippen LogP contribution < -0.4 is 10.6 Å². The van der Waals surface area contributed by atoms with Gasteiger partial charge in [-0.25, -0.2) is 9.78 Å². The lowest BCUT2D eigenvalue weighted by Gasteiger charge is -2.11. The Morgan fingerprint density at radius 1 is 1.21 bits per heavy atom. The molecule has 2 N–H and O–H groups in total. The zero-order chi connectivity index (χ0) is 17.4. The number of likely N-dealkylation sites (N-methyl/N-ethyl adjacent to an activating group) is 1. The number of hydrogen-bond acceptors (Lipinski definition) is 7. The molecule has 0 saturated carbocycles. The zero-order valence-corrected chi connectivity index (χ0v) is 14.2. The van der Waals surface area contributed by atoms with Crippen LogP contribution in [0.15, 0.2) is 36.5 Å². The number of carbonyl (C=O) groups excluding carboxylic acids is 1. The lowest BCUT2D eigenvalue weighted by Crippen LogP contribution is -2.21. The standard InChI is InChI=1S/C17H23N5O2/c1-4-24-16(23)13-5-7-14(8-6-13)20-17-19-10-9-15(21-17)18-11-12-22(2)3/h5-10H,4,11-12H2,1-3H3,(H2,18,19,20,21). The van der Waals surface area contributed by atoms with E-state index in [1.54, 1.807) is 37.4 Å². The fourth-order valence-electron chi connectivity index (χ4n) is 1.96. The number of carbonyl (C=O) groups is 1. The van der Waals surface area contributed by atoms with E-state index in [9.17, 15) is 4.79 Å². The average molecular weight is 329 g/mol. The van der Waals surface area contributed by atoms with Crippen LogP contribution in [-0.2, 0) is 4.74 Å². The Kier molecular flexibility index (Phi) is 6.51. The van der Waals surface area contributed by atoms with E-state index >= 15 is 0 Å². The normalized spacial score (nSPS) is 10.5. The van der Waals surface area contributed by atoms with E-state index < -0.39 is 0 Å². The minimum absolute atomic E-state index is 0.326. The fraction of sp³-hybridized carbons (Fsp3) is 0.353. The lowest BCUT2D eigenvalue weighted by atomic mass is 10.2. The van der Waals surface area contributed by atoms with Gasteiger partial charge in [0.25, 0.3) is 0 Å². The molecule has 0 aliphatic heterocycles. The Labute approximate surface area is 142 Å². The second kappa shape index (κ2) is 8.83. The summed E-state index contributed by atoms with van der Waals surface area (Å²) in [5, 5.41) is 6.36. The van der Waals surface area contributed by atoms with Gasteiger partial charge >= 0.3 is 5.97 Å². The van der Waals surface area contributed by atoms with E-state index in [-0.39, 0.29) is 5.97 Å². The van der Waals surface area contributed by atoms with Gasteiger partial charge in [-0.05, 0) is 51.4 Å². The maximum absolute atomic E-state index is 11.6. The molecule has 0 unspecified atom stereocenters. The summed E-state index contributed by atoms with van der Waals surface area (Å²) in [6, 6.07) is 8.83. The van der Waals surface area contributed by atoms with E-state index in [2.05, 4.69) is 25.5 Å². The average Bonchev–Trinajstić information content (AvgIpc) is 2.56. The smallest absolute Gasteiger partial charge is 0.338 e. The number of anilines is 3. The molecule has 0 atom stereocenters. The predicted molar refractivity (Wildman–Crippen MR) is 94.8 cm³/mol. The topological polar surface area (TPSA) is 79.4 Å². The molecule has 24 heavy (non-hydrogen) atoms. The van der Waals surface area contributed by atoms with Crippen molar-refractivity contribution in [1.29, 1.82) is 0 Å². The first kappa shape index (κ1) is 17.7. The highest BCUT2D eigenvalue weighted by atomic mass is 16.5. The lowest BCUT2D eigenvalue weighted by molar-refractivity contribution is 0.0526. The van der Waals surface area contributed by atoms with Crippen LogP contribution >= 0.6 is 0 Å². The third-order valence-electron chi connectivity index (χ3n) is 3.17. The van der Waals surface area contributed by atoms with Crippen molar-refractivity contribution in [2.24, 2.45) is 0 Å². The van der Waals surface area contributed by atoms with Crippen LogP contribution in [0.25, 0.3) is 0 Å². The first-order valence-electron chi connectivity index (χ1n) is 7.84. The van der Waals surface area contributed by atoms with Gasteiger partial charge in [0.1, 0.15) is 5.82 Å². The summed E-state index contributed by atoms with van der Waals surface area (Å²) in [4.78, 5) is 22.3. The summed E-state index contributed by atoms with van der Waals surface area (Å²) in [5.74, 6) is 0.929. The summed E-state index contributed by atoms with van der Waals surface area (Å²) in [7, 11) is 4.04. The number of rotatable bonds is 8. The molecule has 0 saturated heterocycles.